The van der Waals surface area contributed by atoms with Crippen LogP contribution in [0.15, 0.2) is 41.6 Å². The van der Waals surface area contributed by atoms with Gasteiger partial charge in [-0.25, -0.2) is 23.1 Å². The second-order valence-corrected chi connectivity index (χ2v) is 5.46. The number of ether oxygens (including phenoxy) is 1. The molecule has 0 saturated carbocycles. The molecule has 7 heteroatoms. The number of aryl methyl sites for hydroxylation is 1. The smallest absolute Gasteiger partial charge is 0.264 e. The first kappa shape index (κ1) is 13.3. The number of rotatable bonds is 4. The van der Waals surface area contributed by atoms with Crippen LogP contribution in [0, 0.1) is 6.92 Å². The Kier molecular flexibility index (Phi) is 3.66. The quantitative estimate of drug-likeness (QED) is 0.919. The van der Waals surface area contributed by atoms with E-state index in [1.165, 1.54) is 25.6 Å². The van der Waals surface area contributed by atoms with E-state index in [-0.39, 0.29) is 10.8 Å². The summed E-state index contributed by atoms with van der Waals surface area (Å²) in [4.78, 5) is 7.82. The number of anilines is 1. The first-order valence-electron chi connectivity index (χ1n) is 5.47. The van der Waals surface area contributed by atoms with Gasteiger partial charge in [0.2, 0.25) is 5.95 Å². The molecular weight excluding hydrogens is 266 g/mol. The summed E-state index contributed by atoms with van der Waals surface area (Å²) < 4.78 is 31.7. The number of aromatic nitrogens is 2. The summed E-state index contributed by atoms with van der Waals surface area (Å²) in [5, 5.41) is 0. The van der Waals surface area contributed by atoms with Crippen molar-refractivity contribution >= 4 is 16.0 Å². The maximum Gasteiger partial charge on any atom is 0.264 e. The molecule has 6 nitrogen and oxygen atoms in total. The minimum absolute atomic E-state index is 0.0396. The molecule has 0 aliphatic heterocycles. The molecule has 1 heterocycles. The van der Waals surface area contributed by atoms with E-state index in [4.69, 9.17) is 4.74 Å². The Labute approximate surface area is 111 Å². The first-order valence-corrected chi connectivity index (χ1v) is 6.96. The van der Waals surface area contributed by atoms with Gasteiger partial charge >= 0.3 is 0 Å². The third kappa shape index (κ3) is 3.00. The fourth-order valence-corrected chi connectivity index (χ4v) is 2.76. The Hall–Kier alpha value is -2.15. The molecule has 1 aromatic heterocycles. The lowest BCUT2D eigenvalue weighted by Crippen LogP contribution is -2.16. The van der Waals surface area contributed by atoms with Crippen molar-refractivity contribution in [3.05, 3.63) is 42.2 Å². The number of hydrogen-bond donors (Lipinski definition) is 1. The topological polar surface area (TPSA) is 81.2 Å². The maximum atomic E-state index is 12.2. The number of sulfonamides is 1. The fraction of sp³-hybridized carbons (Fsp3) is 0.167. The van der Waals surface area contributed by atoms with Crippen molar-refractivity contribution in [2.24, 2.45) is 0 Å². The van der Waals surface area contributed by atoms with Crippen molar-refractivity contribution in [3.8, 4) is 5.75 Å². The van der Waals surface area contributed by atoms with Crippen LogP contribution in [0.2, 0.25) is 0 Å². The van der Waals surface area contributed by atoms with E-state index < -0.39 is 10.0 Å². The standard InChI is InChI=1S/C12H13N3O3S/c1-9-8-10(18-2)4-5-11(9)19(16,17)15-12-13-6-3-7-14-12/h3-8H,1-2H3,(H,13,14,15). The molecule has 0 bridgehead atoms. The molecule has 0 spiro atoms. The third-order valence-corrected chi connectivity index (χ3v) is 3.95. The molecule has 0 amide bonds. The highest BCUT2D eigenvalue weighted by Crippen LogP contribution is 2.22. The Morgan fingerprint density at radius 3 is 2.47 bits per heavy atom. The summed E-state index contributed by atoms with van der Waals surface area (Å²) in [6.45, 7) is 1.70. The van der Waals surface area contributed by atoms with E-state index in [9.17, 15) is 8.42 Å². The largest absolute Gasteiger partial charge is 0.497 e. The van der Waals surface area contributed by atoms with Crippen molar-refractivity contribution in [3.63, 3.8) is 0 Å². The Morgan fingerprint density at radius 1 is 1.21 bits per heavy atom. The number of nitrogens with one attached hydrogen (secondary N) is 1. The lowest BCUT2D eigenvalue weighted by Gasteiger charge is -2.10. The van der Waals surface area contributed by atoms with Gasteiger partial charge in [0.05, 0.1) is 12.0 Å². The van der Waals surface area contributed by atoms with Crippen molar-refractivity contribution in [2.75, 3.05) is 11.8 Å². The van der Waals surface area contributed by atoms with Gasteiger partial charge in [0.1, 0.15) is 5.75 Å². The van der Waals surface area contributed by atoms with Gasteiger partial charge in [0, 0.05) is 12.4 Å². The van der Waals surface area contributed by atoms with E-state index in [0.717, 1.165) is 0 Å². The SMILES string of the molecule is COc1ccc(S(=O)(=O)Nc2ncccn2)c(C)c1. The first-order chi connectivity index (χ1) is 9.03. The molecule has 0 saturated heterocycles. The lowest BCUT2D eigenvalue weighted by molar-refractivity contribution is 0.414. The second-order valence-electron chi connectivity index (χ2n) is 3.81. The molecule has 0 aliphatic carbocycles. The number of hydrogen-bond acceptors (Lipinski definition) is 5. The normalized spacial score (nSPS) is 11.1. The Morgan fingerprint density at radius 2 is 1.89 bits per heavy atom. The minimum Gasteiger partial charge on any atom is -0.497 e. The van der Waals surface area contributed by atoms with Crippen LogP contribution in [0.3, 0.4) is 0 Å². The molecule has 19 heavy (non-hydrogen) atoms. The summed E-state index contributed by atoms with van der Waals surface area (Å²) in [6.07, 6.45) is 2.93. The molecule has 0 radical (unpaired) electrons. The van der Waals surface area contributed by atoms with Crippen LogP contribution in [0.5, 0.6) is 5.75 Å². The van der Waals surface area contributed by atoms with Crippen molar-refractivity contribution in [1.82, 2.24) is 9.97 Å². The van der Waals surface area contributed by atoms with Gasteiger partial charge in [-0.3, -0.25) is 0 Å². The fourth-order valence-electron chi connectivity index (χ4n) is 1.58. The van der Waals surface area contributed by atoms with Crippen LogP contribution in [0.25, 0.3) is 0 Å². The van der Waals surface area contributed by atoms with Gasteiger partial charge < -0.3 is 4.74 Å². The van der Waals surface area contributed by atoms with Crippen LogP contribution < -0.4 is 9.46 Å². The number of methoxy groups -OCH3 is 1. The monoisotopic (exact) mass is 279 g/mol. The molecule has 0 fully saturated rings. The van der Waals surface area contributed by atoms with Crippen LogP contribution >= 0.6 is 0 Å². The van der Waals surface area contributed by atoms with Crippen LogP contribution in [0.4, 0.5) is 5.95 Å². The summed E-state index contributed by atoms with van der Waals surface area (Å²) in [5.41, 5.74) is 0.586. The zero-order valence-corrected chi connectivity index (χ0v) is 11.3. The van der Waals surface area contributed by atoms with E-state index in [1.54, 1.807) is 25.1 Å². The predicted octanol–water partition coefficient (Wildman–Crippen LogP) is 1.59. The molecular formula is C12H13N3O3S. The van der Waals surface area contributed by atoms with Crippen molar-refractivity contribution in [2.45, 2.75) is 11.8 Å². The van der Waals surface area contributed by atoms with E-state index in [2.05, 4.69) is 14.7 Å². The molecule has 0 aliphatic rings. The summed E-state index contributed by atoms with van der Waals surface area (Å²) in [7, 11) is -2.17. The van der Waals surface area contributed by atoms with E-state index >= 15 is 0 Å². The second kappa shape index (κ2) is 5.23. The zero-order valence-electron chi connectivity index (χ0n) is 10.5. The molecule has 0 unspecified atom stereocenters. The highest BCUT2D eigenvalue weighted by molar-refractivity contribution is 7.92. The predicted molar refractivity (Wildman–Crippen MR) is 70.6 cm³/mol. The maximum absolute atomic E-state index is 12.2. The van der Waals surface area contributed by atoms with E-state index in [1.807, 2.05) is 0 Å². The van der Waals surface area contributed by atoms with Gasteiger partial charge in [-0.15, -0.1) is 0 Å². The zero-order chi connectivity index (χ0) is 13.9. The molecule has 1 aromatic carbocycles. The highest BCUT2D eigenvalue weighted by Gasteiger charge is 2.18. The minimum atomic E-state index is -3.70. The molecule has 1 N–H and O–H groups in total. The summed E-state index contributed by atoms with van der Waals surface area (Å²) in [6, 6.07) is 6.34. The van der Waals surface area contributed by atoms with Crippen LogP contribution in [-0.2, 0) is 10.0 Å². The third-order valence-electron chi connectivity index (χ3n) is 2.46. The lowest BCUT2D eigenvalue weighted by atomic mass is 10.2. The van der Waals surface area contributed by atoms with Crippen molar-refractivity contribution in [1.29, 1.82) is 0 Å². The molecule has 100 valence electrons. The van der Waals surface area contributed by atoms with E-state index in [0.29, 0.717) is 11.3 Å². The van der Waals surface area contributed by atoms with Gasteiger partial charge in [0.25, 0.3) is 10.0 Å². The van der Waals surface area contributed by atoms with Crippen LogP contribution in [-0.4, -0.2) is 25.5 Å². The van der Waals surface area contributed by atoms with Gasteiger partial charge in [0.15, 0.2) is 0 Å². The Bertz CT molecular complexity index is 672. The highest BCUT2D eigenvalue weighted by atomic mass is 32.2. The van der Waals surface area contributed by atoms with Gasteiger partial charge in [-0.1, -0.05) is 0 Å². The molecule has 2 aromatic rings. The Balaban J connectivity index is 2.35. The van der Waals surface area contributed by atoms with Gasteiger partial charge in [-0.05, 0) is 36.8 Å². The number of nitrogens with zero attached hydrogens (tertiary/aromatic N) is 2. The average molecular weight is 279 g/mol. The summed E-state index contributed by atoms with van der Waals surface area (Å²) in [5.74, 6) is 0.644. The molecule has 2 rings (SSSR count). The van der Waals surface area contributed by atoms with Crippen LogP contribution in [0.1, 0.15) is 5.56 Å². The van der Waals surface area contributed by atoms with Gasteiger partial charge in [-0.2, -0.15) is 0 Å². The average Bonchev–Trinajstić information content (AvgIpc) is 2.38. The summed E-state index contributed by atoms with van der Waals surface area (Å²) >= 11 is 0. The van der Waals surface area contributed by atoms with Crippen molar-refractivity contribution < 1.29 is 13.2 Å². The number of benzene rings is 1. The molecule has 0 atom stereocenters.